The molecule has 0 spiro atoms. The molecule has 1 aromatic carbocycles. The standard InChI is InChI=1S/C19H20ClFN4O/c1-11-17(20)18(23-24(11)2)19(26)25-7-5-12(6-8-25)15-10-22-16-4-3-13(21)9-14(15)16/h3-4,9-10,12,22H,5-8H2,1-2H3. The topological polar surface area (TPSA) is 53.9 Å². The van der Waals surface area contributed by atoms with Crippen molar-refractivity contribution in [2.75, 3.05) is 13.1 Å². The molecule has 4 rings (SSSR count). The minimum absolute atomic E-state index is 0.123. The van der Waals surface area contributed by atoms with Crippen molar-refractivity contribution in [2.24, 2.45) is 7.05 Å². The van der Waals surface area contributed by atoms with E-state index >= 15 is 0 Å². The summed E-state index contributed by atoms with van der Waals surface area (Å²) in [5.74, 6) is -0.0520. The lowest BCUT2D eigenvalue weighted by Gasteiger charge is -2.31. The number of amides is 1. The number of aromatic nitrogens is 3. The highest BCUT2D eigenvalue weighted by Gasteiger charge is 2.29. The Hall–Kier alpha value is -2.34. The maximum absolute atomic E-state index is 13.6. The van der Waals surface area contributed by atoms with Gasteiger partial charge in [-0.25, -0.2) is 4.39 Å². The van der Waals surface area contributed by atoms with Gasteiger partial charge in [-0.15, -0.1) is 0 Å². The van der Waals surface area contributed by atoms with Gasteiger partial charge in [0.25, 0.3) is 5.91 Å². The molecule has 3 aromatic rings. The van der Waals surface area contributed by atoms with E-state index in [0.717, 1.165) is 35.0 Å². The molecule has 2 aromatic heterocycles. The first-order valence-electron chi connectivity index (χ1n) is 8.70. The Bertz CT molecular complexity index is 985. The zero-order valence-electron chi connectivity index (χ0n) is 14.7. The molecule has 1 saturated heterocycles. The minimum Gasteiger partial charge on any atom is -0.361 e. The fourth-order valence-corrected chi connectivity index (χ4v) is 3.96. The van der Waals surface area contributed by atoms with Gasteiger partial charge in [0.1, 0.15) is 5.82 Å². The van der Waals surface area contributed by atoms with Crippen molar-refractivity contribution in [2.45, 2.75) is 25.7 Å². The number of halogens is 2. The summed E-state index contributed by atoms with van der Waals surface area (Å²) in [5.41, 5.74) is 3.17. The van der Waals surface area contributed by atoms with E-state index in [9.17, 15) is 9.18 Å². The summed E-state index contributed by atoms with van der Waals surface area (Å²) < 4.78 is 15.2. The molecular weight excluding hydrogens is 355 g/mol. The van der Waals surface area contributed by atoms with Crippen molar-refractivity contribution in [3.63, 3.8) is 0 Å². The highest BCUT2D eigenvalue weighted by atomic mass is 35.5. The van der Waals surface area contributed by atoms with E-state index in [1.807, 2.05) is 13.1 Å². The summed E-state index contributed by atoms with van der Waals surface area (Å²) in [4.78, 5) is 17.8. The smallest absolute Gasteiger partial charge is 0.275 e. The predicted molar refractivity (Wildman–Crippen MR) is 99.1 cm³/mol. The zero-order valence-corrected chi connectivity index (χ0v) is 15.5. The molecule has 1 amide bonds. The molecule has 1 fully saturated rings. The molecule has 5 nitrogen and oxygen atoms in total. The molecule has 0 unspecified atom stereocenters. The zero-order chi connectivity index (χ0) is 18.4. The number of piperidine rings is 1. The molecule has 0 atom stereocenters. The van der Waals surface area contributed by atoms with Crippen molar-refractivity contribution < 1.29 is 9.18 Å². The first-order chi connectivity index (χ1) is 12.5. The number of rotatable bonds is 2. The molecule has 7 heteroatoms. The lowest BCUT2D eigenvalue weighted by atomic mass is 9.89. The molecule has 1 aliphatic rings. The van der Waals surface area contributed by atoms with Crippen molar-refractivity contribution in [3.05, 3.63) is 52.2 Å². The number of H-pyrrole nitrogens is 1. The Morgan fingerprint density at radius 1 is 1.35 bits per heavy atom. The van der Waals surface area contributed by atoms with Crippen LogP contribution < -0.4 is 0 Å². The molecule has 3 heterocycles. The third kappa shape index (κ3) is 2.78. The van der Waals surface area contributed by atoms with Gasteiger partial charge in [-0.05, 0) is 49.4 Å². The number of likely N-dealkylation sites (tertiary alicyclic amines) is 1. The monoisotopic (exact) mass is 374 g/mol. The van der Waals surface area contributed by atoms with Crippen LogP contribution in [0.4, 0.5) is 4.39 Å². The van der Waals surface area contributed by atoms with Crippen LogP contribution in [0.3, 0.4) is 0 Å². The van der Waals surface area contributed by atoms with E-state index < -0.39 is 0 Å². The van der Waals surface area contributed by atoms with E-state index in [4.69, 9.17) is 11.6 Å². The number of nitrogens with zero attached hydrogens (tertiary/aromatic N) is 3. The first kappa shape index (κ1) is 17.1. The number of hydrogen-bond donors (Lipinski definition) is 1. The molecule has 0 bridgehead atoms. The average Bonchev–Trinajstić information content (AvgIpc) is 3.17. The van der Waals surface area contributed by atoms with Gasteiger partial charge in [0.15, 0.2) is 5.69 Å². The predicted octanol–water partition coefficient (Wildman–Crippen LogP) is 4.02. The Morgan fingerprint density at radius 2 is 2.08 bits per heavy atom. The van der Waals surface area contributed by atoms with Crippen molar-refractivity contribution in [1.29, 1.82) is 0 Å². The van der Waals surface area contributed by atoms with Crippen LogP contribution in [0.2, 0.25) is 5.02 Å². The normalized spacial score (nSPS) is 15.8. The van der Waals surface area contributed by atoms with Gasteiger partial charge in [-0.1, -0.05) is 11.6 Å². The van der Waals surface area contributed by atoms with Crippen LogP contribution in [-0.2, 0) is 7.05 Å². The summed E-state index contributed by atoms with van der Waals surface area (Å²) in [7, 11) is 1.78. The summed E-state index contributed by atoms with van der Waals surface area (Å²) >= 11 is 6.25. The van der Waals surface area contributed by atoms with Gasteiger partial charge in [0.2, 0.25) is 0 Å². The maximum Gasteiger partial charge on any atom is 0.275 e. The largest absolute Gasteiger partial charge is 0.361 e. The second-order valence-corrected chi connectivity index (χ2v) is 7.25. The fourth-order valence-electron chi connectivity index (χ4n) is 3.71. The van der Waals surface area contributed by atoms with Crippen molar-refractivity contribution in [1.82, 2.24) is 19.7 Å². The molecule has 1 N–H and O–H groups in total. The number of hydrogen-bond acceptors (Lipinski definition) is 2. The summed E-state index contributed by atoms with van der Waals surface area (Å²) in [6.07, 6.45) is 3.63. The Morgan fingerprint density at radius 3 is 2.73 bits per heavy atom. The van der Waals surface area contributed by atoms with Crippen molar-refractivity contribution >= 4 is 28.4 Å². The molecule has 0 aliphatic carbocycles. The van der Waals surface area contributed by atoms with Gasteiger partial charge in [0.05, 0.1) is 10.7 Å². The highest BCUT2D eigenvalue weighted by Crippen LogP contribution is 2.34. The van der Waals surface area contributed by atoms with Gasteiger partial charge < -0.3 is 9.88 Å². The lowest BCUT2D eigenvalue weighted by Crippen LogP contribution is -2.38. The van der Waals surface area contributed by atoms with Crippen LogP contribution in [0.1, 0.15) is 40.5 Å². The highest BCUT2D eigenvalue weighted by molar-refractivity contribution is 6.34. The minimum atomic E-state index is -0.230. The summed E-state index contributed by atoms with van der Waals surface area (Å²) in [6.45, 7) is 3.11. The Labute approximate surface area is 155 Å². The number of aromatic amines is 1. The molecule has 1 aliphatic heterocycles. The third-order valence-corrected chi connectivity index (χ3v) is 5.81. The molecule has 136 valence electrons. The van der Waals surface area contributed by atoms with Crippen LogP contribution >= 0.6 is 11.6 Å². The van der Waals surface area contributed by atoms with E-state index in [-0.39, 0.29) is 11.7 Å². The summed E-state index contributed by atoms with van der Waals surface area (Å²) in [5, 5.41) is 5.60. The third-order valence-electron chi connectivity index (χ3n) is 5.36. The van der Waals surface area contributed by atoms with Crippen LogP contribution in [0.5, 0.6) is 0 Å². The second kappa shape index (κ2) is 6.43. The molecule has 26 heavy (non-hydrogen) atoms. The van der Waals surface area contributed by atoms with E-state index in [1.165, 1.54) is 6.07 Å². The number of fused-ring (bicyclic) bond motifs is 1. The number of carbonyl (C=O) groups is 1. The SMILES string of the molecule is Cc1c(Cl)c(C(=O)N2CCC(c3c[nH]c4ccc(F)cc34)CC2)nn1C. The first-order valence-corrected chi connectivity index (χ1v) is 9.08. The summed E-state index contributed by atoms with van der Waals surface area (Å²) in [6, 6.07) is 4.80. The van der Waals surface area contributed by atoms with Crippen molar-refractivity contribution in [3.8, 4) is 0 Å². The van der Waals surface area contributed by atoms with Gasteiger partial charge in [-0.3, -0.25) is 9.48 Å². The van der Waals surface area contributed by atoms with Gasteiger partial charge >= 0.3 is 0 Å². The van der Waals surface area contributed by atoms with Crippen LogP contribution in [-0.4, -0.2) is 38.7 Å². The molecule has 0 saturated carbocycles. The number of aryl methyl sites for hydroxylation is 1. The fraction of sp³-hybridized carbons (Fsp3) is 0.368. The Kier molecular flexibility index (Phi) is 4.23. The maximum atomic E-state index is 13.6. The van der Waals surface area contributed by atoms with Crippen LogP contribution in [0.15, 0.2) is 24.4 Å². The van der Waals surface area contributed by atoms with Crippen LogP contribution in [0, 0.1) is 12.7 Å². The number of nitrogens with one attached hydrogen (secondary N) is 1. The van der Waals surface area contributed by atoms with E-state index in [2.05, 4.69) is 10.1 Å². The Balaban J connectivity index is 1.51. The van der Waals surface area contributed by atoms with E-state index in [0.29, 0.717) is 29.7 Å². The van der Waals surface area contributed by atoms with E-state index in [1.54, 1.807) is 28.8 Å². The average molecular weight is 375 g/mol. The van der Waals surface area contributed by atoms with Crippen LogP contribution in [0.25, 0.3) is 10.9 Å². The molecular formula is C19H20ClFN4O. The van der Waals surface area contributed by atoms with Gasteiger partial charge in [0, 0.05) is 37.2 Å². The van der Waals surface area contributed by atoms with Gasteiger partial charge in [-0.2, -0.15) is 5.10 Å². The number of carbonyl (C=O) groups excluding carboxylic acids is 1. The second-order valence-electron chi connectivity index (χ2n) is 6.87. The number of benzene rings is 1. The lowest BCUT2D eigenvalue weighted by molar-refractivity contribution is 0.0706. The molecule has 0 radical (unpaired) electrons. The quantitative estimate of drug-likeness (QED) is 0.736.